The molecule has 2 aliphatic rings. The Labute approximate surface area is 153 Å². The minimum absolute atomic E-state index is 0.170. The van der Waals surface area contributed by atoms with Gasteiger partial charge < -0.3 is 15.4 Å². The zero-order valence-electron chi connectivity index (χ0n) is 15.0. The Morgan fingerprint density at radius 3 is 3.04 bits per heavy atom. The standard InChI is InChI=1S/C20H26N4O2/c25-20(19-17-12-21-10-9-18(17)23-24-19)22-15-6-4-5-14(11-15)13-26-16-7-2-1-3-8-16/h4-6,11,16,21H,1-3,7-10,12-13H2,(H,22,25)(H,23,24). The molecule has 1 aliphatic heterocycles. The van der Waals surface area contributed by atoms with Crippen LogP contribution in [0, 0.1) is 0 Å². The van der Waals surface area contributed by atoms with Crippen LogP contribution in [0.5, 0.6) is 0 Å². The van der Waals surface area contributed by atoms with Crippen molar-refractivity contribution in [2.24, 2.45) is 0 Å². The topological polar surface area (TPSA) is 79.0 Å². The van der Waals surface area contributed by atoms with Gasteiger partial charge in [-0.2, -0.15) is 5.10 Å². The average molecular weight is 354 g/mol. The van der Waals surface area contributed by atoms with E-state index < -0.39 is 0 Å². The predicted octanol–water partition coefficient (Wildman–Crippen LogP) is 3.16. The van der Waals surface area contributed by atoms with Gasteiger partial charge in [0.1, 0.15) is 0 Å². The van der Waals surface area contributed by atoms with Gasteiger partial charge in [0, 0.05) is 36.5 Å². The van der Waals surface area contributed by atoms with Crippen LogP contribution in [-0.2, 0) is 24.3 Å². The van der Waals surface area contributed by atoms with Crippen molar-refractivity contribution in [2.75, 3.05) is 11.9 Å². The summed E-state index contributed by atoms with van der Waals surface area (Å²) in [5.41, 5.74) is 4.38. The number of aromatic amines is 1. The van der Waals surface area contributed by atoms with Crippen LogP contribution < -0.4 is 10.6 Å². The highest BCUT2D eigenvalue weighted by Gasteiger charge is 2.21. The maximum Gasteiger partial charge on any atom is 0.276 e. The number of hydrogen-bond donors (Lipinski definition) is 3. The number of amides is 1. The molecule has 0 spiro atoms. The van der Waals surface area contributed by atoms with Gasteiger partial charge in [-0.1, -0.05) is 31.4 Å². The van der Waals surface area contributed by atoms with Crippen LogP contribution in [0.15, 0.2) is 24.3 Å². The molecule has 2 aromatic rings. The summed E-state index contributed by atoms with van der Waals surface area (Å²) < 4.78 is 6.04. The van der Waals surface area contributed by atoms with Gasteiger partial charge in [0.2, 0.25) is 0 Å². The third-order valence-corrected chi connectivity index (χ3v) is 5.24. The van der Waals surface area contributed by atoms with Gasteiger partial charge in [-0.25, -0.2) is 0 Å². The molecule has 3 N–H and O–H groups in total. The number of H-pyrrole nitrogens is 1. The highest BCUT2D eigenvalue weighted by molar-refractivity contribution is 6.04. The van der Waals surface area contributed by atoms with Crippen molar-refractivity contribution >= 4 is 11.6 Å². The first kappa shape index (κ1) is 17.2. The van der Waals surface area contributed by atoms with Gasteiger partial charge in [0.05, 0.1) is 12.7 Å². The Balaban J connectivity index is 1.38. The van der Waals surface area contributed by atoms with E-state index in [-0.39, 0.29) is 5.91 Å². The van der Waals surface area contributed by atoms with Crippen molar-refractivity contribution in [1.29, 1.82) is 0 Å². The lowest BCUT2D eigenvalue weighted by Gasteiger charge is -2.22. The lowest BCUT2D eigenvalue weighted by atomic mass is 9.98. The van der Waals surface area contributed by atoms with Crippen LogP contribution >= 0.6 is 0 Å². The number of carbonyl (C=O) groups is 1. The van der Waals surface area contributed by atoms with Crippen molar-refractivity contribution in [1.82, 2.24) is 15.5 Å². The molecule has 1 fully saturated rings. The van der Waals surface area contributed by atoms with E-state index in [2.05, 4.69) is 20.8 Å². The van der Waals surface area contributed by atoms with E-state index in [1.165, 1.54) is 19.3 Å². The number of ether oxygens (including phenoxy) is 1. The molecule has 1 aliphatic carbocycles. The summed E-state index contributed by atoms with van der Waals surface area (Å²) in [7, 11) is 0. The van der Waals surface area contributed by atoms with Crippen LogP contribution in [-0.4, -0.2) is 28.8 Å². The molecule has 1 aromatic heterocycles. The summed E-state index contributed by atoms with van der Waals surface area (Å²) >= 11 is 0. The third-order valence-electron chi connectivity index (χ3n) is 5.24. The Kier molecular flexibility index (Phi) is 5.32. The molecule has 0 saturated heterocycles. The monoisotopic (exact) mass is 354 g/mol. The number of nitrogens with one attached hydrogen (secondary N) is 3. The molecule has 0 radical (unpaired) electrons. The van der Waals surface area contributed by atoms with Crippen molar-refractivity contribution in [2.45, 2.75) is 57.8 Å². The molecule has 1 saturated carbocycles. The number of hydrogen-bond acceptors (Lipinski definition) is 4. The molecule has 0 bridgehead atoms. The molecule has 0 unspecified atom stereocenters. The van der Waals surface area contributed by atoms with Crippen LogP contribution in [0.25, 0.3) is 0 Å². The van der Waals surface area contributed by atoms with Gasteiger partial charge in [-0.05, 0) is 30.5 Å². The van der Waals surface area contributed by atoms with Crippen LogP contribution in [0.1, 0.15) is 59.4 Å². The maximum atomic E-state index is 12.6. The van der Waals surface area contributed by atoms with Gasteiger partial charge in [0.15, 0.2) is 5.69 Å². The number of carbonyl (C=O) groups excluding carboxylic acids is 1. The van der Waals surface area contributed by atoms with Crippen molar-refractivity contribution in [3.05, 3.63) is 46.8 Å². The highest BCUT2D eigenvalue weighted by Crippen LogP contribution is 2.22. The minimum Gasteiger partial charge on any atom is -0.374 e. The number of anilines is 1. The van der Waals surface area contributed by atoms with Crippen LogP contribution in [0.4, 0.5) is 5.69 Å². The normalized spacial score (nSPS) is 17.7. The van der Waals surface area contributed by atoms with Gasteiger partial charge >= 0.3 is 0 Å². The summed E-state index contributed by atoms with van der Waals surface area (Å²) in [4.78, 5) is 12.6. The van der Waals surface area contributed by atoms with Crippen molar-refractivity contribution in [3.8, 4) is 0 Å². The fraction of sp³-hybridized carbons (Fsp3) is 0.500. The number of nitrogens with zero attached hydrogens (tertiary/aromatic N) is 1. The van der Waals surface area contributed by atoms with Crippen LogP contribution in [0.3, 0.4) is 0 Å². The fourth-order valence-corrected chi connectivity index (χ4v) is 3.79. The highest BCUT2D eigenvalue weighted by atomic mass is 16.5. The molecule has 1 aromatic carbocycles. The zero-order valence-corrected chi connectivity index (χ0v) is 15.0. The molecule has 6 heteroatoms. The second-order valence-corrected chi connectivity index (χ2v) is 7.18. The second-order valence-electron chi connectivity index (χ2n) is 7.18. The van der Waals surface area contributed by atoms with E-state index in [4.69, 9.17) is 4.74 Å². The average Bonchev–Trinajstić information content (AvgIpc) is 3.12. The SMILES string of the molecule is O=C(Nc1cccc(COC2CCCCC2)c1)c1n[nH]c2c1CNCC2. The Hall–Kier alpha value is -2.18. The van der Waals surface area contributed by atoms with Crippen LogP contribution in [0.2, 0.25) is 0 Å². The van der Waals surface area contributed by atoms with Gasteiger partial charge in [-0.3, -0.25) is 9.89 Å². The number of benzene rings is 1. The number of aromatic nitrogens is 2. The first-order valence-corrected chi connectivity index (χ1v) is 9.58. The lowest BCUT2D eigenvalue weighted by molar-refractivity contribution is 0.0169. The Morgan fingerprint density at radius 2 is 2.15 bits per heavy atom. The smallest absolute Gasteiger partial charge is 0.276 e. The quantitative estimate of drug-likeness (QED) is 0.771. The predicted molar refractivity (Wildman–Crippen MR) is 100 cm³/mol. The van der Waals surface area contributed by atoms with Gasteiger partial charge in [-0.15, -0.1) is 0 Å². The summed E-state index contributed by atoms with van der Waals surface area (Å²) in [5.74, 6) is -0.170. The number of rotatable bonds is 5. The Bertz CT molecular complexity index is 765. The summed E-state index contributed by atoms with van der Waals surface area (Å²) in [5, 5.41) is 13.5. The molecule has 1 amide bonds. The molecule has 2 heterocycles. The zero-order chi connectivity index (χ0) is 17.8. The minimum atomic E-state index is -0.170. The van der Waals surface area contributed by atoms with E-state index >= 15 is 0 Å². The third kappa shape index (κ3) is 3.97. The summed E-state index contributed by atoms with van der Waals surface area (Å²) in [6.45, 7) is 2.19. The second kappa shape index (κ2) is 8.01. The molecule has 6 nitrogen and oxygen atoms in total. The molecule has 4 rings (SSSR count). The molecular formula is C20H26N4O2. The van der Waals surface area contributed by atoms with E-state index in [0.29, 0.717) is 24.9 Å². The van der Waals surface area contributed by atoms with E-state index in [0.717, 1.165) is 48.3 Å². The summed E-state index contributed by atoms with van der Waals surface area (Å²) in [6, 6.07) is 7.88. The van der Waals surface area contributed by atoms with Crippen molar-refractivity contribution < 1.29 is 9.53 Å². The molecule has 0 atom stereocenters. The first-order valence-electron chi connectivity index (χ1n) is 9.58. The maximum absolute atomic E-state index is 12.6. The summed E-state index contributed by atoms with van der Waals surface area (Å²) in [6.07, 6.45) is 7.44. The molecule has 138 valence electrons. The largest absolute Gasteiger partial charge is 0.374 e. The van der Waals surface area contributed by atoms with E-state index in [9.17, 15) is 4.79 Å². The molecular weight excluding hydrogens is 328 g/mol. The Morgan fingerprint density at radius 1 is 1.27 bits per heavy atom. The van der Waals surface area contributed by atoms with Gasteiger partial charge in [0.25, 0.3) is 5.91 Å². The van der Waals surface area contributed by atoms with E-state index in [1.807, 2.05) is 24.3 Å². The van der Waals surface area contributed by atoms with E-state index in [1.54, 1.807) is 0 Å². The number of fused-ring (bicyclic) bond motifs is 1. The fourth-order valence-electron chi connectivity index (χ4n) is 3.79. The lowest BCUT2D eigenvalue weighted by Crippen LogP contribution is -2.25. The first-order chi connectivity index (χ1) is 12.8. The molecule has 26 heavy (non-hydrogen) atoms. The van der Waals surface area contributed by atoms with Crippen molar-refractivity contribution in [3.63, 3.8) is 0 Å².